The SMILES string of the molecule is FC(F)(F)c1nc(-c2ccc(CNc3cccc(-c4cccnc4)n3)cc2)no1. The predicted octanol–water partition coefficient (Wildman–Crippen LogP) is 4.82. The highest BCUT2D eigenvalue weighted by molar-refractivity contribution is 5.60. The summed E-state index contributed by atoms with van der Waals surface area (Å²) in [6.45, 7) is 0.490. The van der Waals surface area contributed by atoms with Gasteiger partial charge in [0.2, 0.25) is 5.82 Å². The molecule has 0 aliphatic heterocycles. The Morgan fingerprint density at radius 2 is 1.72 bits per heavy atom. The second-order valence-electron chi connectivity index (χ2n) is 6.12. The summed E-state index contributed by atoms with van der Waals surface area (Å²) in [5.41, 5.74) is 3.07. The number of benzene rings is 1. The van der Waals surface area contributed by atoms with Crippen LogP contribution in [-0.4, -0.2) is 20.1 Å². The van der Waals surface area contributed by atoms with Crippen molar-refractivity contribution in [3.05, 3.63) is 78.4 Å². The van der Waals surface area contributed by atoms with Gasteiger partial charge in [-0.1, -0.05) is 35.5 Å². The summed E-state index contributed by atoms with van der Waals surface area (Å²) in [4.78, 5) is 12.0. The van der Waals surface area contributed by atoms with Crippen LogP contribution in [-0.2, 0) is 12.7 Å². The fourth-order valence-corrected chi connectivity index (χ4v) is 2.63. The molecule has 146 valence electrons. The first kappa shape index (κ1) is 18.6. The quantitative estimate of drug-likeness (QED) is 0.520. The van der Waals surface area contributed by atoms with E-state index >= 15 is 0 Å². The first-order valence-corrected chi connectivity index (χ1v) is 8.60. The Hall–Kier alpha value is -3.75. The van der Waals surface area contributed by atoms with Crippen molar-refractivity contribution in [2.24, 2.45) is 0 Å². The van der Waals surface area contributed by atoms with Gasteiger partial charge in [-0.3, -0.25) is 4.98 Å². The minimum Gasteiger partial charge on any atom is -0.366 e. The van der Waals surface area contributed by atoms with Crippen molar-refractivity contribution in [2.75, 3.05) is 5.32 Å². The number of nitrogens with one attached hydrogen (secondary N) is 1. The summed E-state index contributed by atoms with van der Waals surface area (Å²) in [6.07, 6.45) is -1.22. The minimum atomic E-state index is -4.66. The molecule has 0 atom stereocenters. The van der Waals surface area contributed by atoms with E-state index in [4.69, 9.17) is 0 Å². The molecule has 1 N–H and O–H groups in total. The van der Waals surface area contributed by atoms with Gasteiger partial charge in [0.25, 0.3) is 0 Å². The van der Waals surface area contributed by atoms with Gasteiger partial charge in [-0.05, 0) is 29.8 Å². The highest BCUT2D eigenvalue weighted by atomic mass is 19.4. The molecule has 9 heteroatoms. The van der Waals surface area contributed by atoms with E-state index in [0.29, 0.717) is 17.9 Å². The molecule has 6 nitrogen and oxygen atoms in total. The van der Waals surface area contributed by atoms with E-state index in [0.717, 1.165) is 16.8 Å². The predicted molar refractivity (Wildman–Crippen MR) is 99.5 cm³/mol. The first-order valence-electron chi connectivity index (χ1n) is 8.60. The van der Waals surface area contributed by atoms with Crippen molar-refractivity contribution in [2.45, 2.75) is 12.7 Å². The monoisotopic (exact) mass is 397 g/mol. The van der Waals surface area contributed by atoms with E-state index in [-0.39, 0.29) is 5.82 Å². The Balaban J connectivity index is 1.43. The van der Waals surface area contributed by atoms with E-state index < -0.39 is 12.1 Å². The van der Waals surface area contributed by atoms with Crippen molar-refractivity contribution in [1.29, 1.82) is 0 Å². The zero-order valence-electron chi connectivity index (χ0n) is 14.9. The highest BCUT2D eigenvalue weighted by Crippen LogP contribution is 2.29. The van der Waals surface area contributed by atoms with Gasteiger partial charge in [0.15, 0.2) is 0 Å². The van der Waals surface area contributed by atoms with Crippen LogP contribution in [0.15, 0.2) is 71.5 Å². The maximum absolute atomic E-state index is 12.6. The lowest BCUT2D eigenvalue weighted by Crippen LogP contribution is -2.04. The Labute approximate surface area is 163 Å². The fourth-order valence-electron chi connectivity index (χ4n) is 2.63. The molecule has 0 aliphatic carbocycles. The second-order valence-corrected chi connectivity index (χ2v) is 6.12. The number of pyridine rings is 2. The van der Waals surface area contributed by atoms with Crippen LogP contribution in [0.4, 0.5) is 19.0 Å². The summed E-state index contributed by atoms with van der Waals surface area (Å²) < 4.78 is 42.0. The topological polar surface area (TPSA) is 76.7 Å². The zero-order valence-corrected chi connectivity index (χ0v) is 14.9. The lowest BCUT2D eigenvalue weighted by molar-refractivity contribution is -0.159. The molecule has 29 heavy (non-hydrogen) atoms. The molecule has 4 aromatic rings. The normalized spacial score (nSPS) is 11.4. The third-order valence-corrected chi connectivity index (χ3v) is 4.06. The molecule has 0 radical (unpaired) electrons. The number of nitrogens with zero attached hydrogens (tertiary/aromatic N) is 4. The van der Waals surface area contributed by atoms with E-state index in [1.807, 2.05) is 30.3 Å². The summed E-state index contributed by atoms with van der Waals surface area (Å²) in [6, 6.07) is 16.3. The van der Waals surface area contributed by atoms with Crippen LogP contribution in [0.25, 0.3) is 22.6 Å². The standard InChI is InChI=1S/C20H14F3N5O/c21-20(22,23)19-27-18(28-29-19)14-8-6-13(7-9-14)11-25-17-5-1-4-16(26-17)15-3-2-10-24-12-15/h1-10,12H,11H2,(H,25,26). The Kier molecular flexibility index (Phi) is 4.94. The zero-order chi connectivity index (χ0) is 20.3. The molecule has 1 aromatic carbocycles. The smallest absolute Gasteiger partial charge is 0.366 e. The Morgan fingerprint density at radius 1 is 0.897 bits per heavy atom. The molecule has 3 aromatic heterocycles. The third kappa shape index (κ3) is 4.40. The van der Waals surface area contributed by atoms with Gasteiger partial charge >= 0.3 is 12.1 Å². The second kappa shape index (κ2) is 7.70. The van der Waals surface area contributed by atoms with Gasteiger partial charge in [-0.2, -0.15) is 18.2 Å². The molecule has 0 amide bonds. The van der Waals surface area contributed by atoms with Gasteiger partial charge in [0.05, 0.1) is 5.69 Å². The number of hydrogen-bond donors (Lipinski definition) is 1. The number of hydrogen-bond acceptors (Lipinski definition) is 6. The summed E-state index contributed by atoms with van der Waals surface area (Å²) >= 11 is 0. The maximum atomic E-state index is 12.6. The van der Waals surface area contributed by atoms with Gasteiger partial charge in [0, 0.05) is 30.1 Å². The number of anilines is 1. The molecule has 0 spiro atoms. The molecule has 3 heterocycles. The average molecular weight is 397 g/mol. The van der Waals surface area contributed by atoms with Crippen molar-refractivity contribution in [1.82, 2.24) is 20.1 Å². The van der Waals surface area contributed by atoms with E-state index in [2.05, 4.69) is 29.9 Å². The lowest BCUT2D eigenvalue weighted by atomic mass is 10.1. The van der Waals surface area contributed by atoms with Gasteiger partial charge in [-0.25, -0.2) is 4.98 Å². The van der Waals surface area contributed by atoms with E-state index in [1.165, 1.54) is 0 Å². The van der Waals surface area contributed by atoms with Crippen LogP contribution >= 0.6 is 0 Å². The largest absolute Gasteiger partial charge is 0.471 e. The molecule has 0 saturated heterocycles. The molecule has 4 rings (SSSR count). The molecular weight excluding hydrogens is 383 g/mol. The minimum absolute atomic E-state index is 0.109. The number of halogens is 3. The first-order chi connectivity index (χ1) is 14.0. The average Bonchev–Trinajstić information content (AvgIpc) is 3.24. The lowest BCUT2D eigenvalue weighted by Gasteiger charge is -2.08. The van der Waals surface area contributed by atoms with Crippen molar-refractivity contribution in [3.63, 3.8) is 0 Å². The van der Waals surface area contributed by atoms with Crippen LogP contribution in [0.1, 0.15) is 11.5 Å². The summed E-state index contributed by atoms with van der Waals surface area (Å²) in [7, 11) is 0. The van der Waals surface area contributed by atoms with Crippen LogP contribution in [0, 0.1) is 0 Å². The van der Waals surface area contributed by atoms with Crippen LogP contribution in [0.5, 0.6) is 0 Å². The van der Waals surface area contributed by atoms with Gasteiger partial charge in [0.1, 0.15) is 5.82 Å². The van der Waals surface area contributed by atoms with Gasteiger partial charge in [-0.15, -0.1) is 0 Å². The third-order valence-electron chi connectivity index (χ3n) is 4.06. The van der Waals surface area contributed by atoms with Crippen LogP contribution in [0.3, 0.4) is 0 Å². The number of alkyl halides is 3. The number of aromatic nitrogens is 4. The molecule has 0 aliphatic rings. The summed E-state index contributed by atoms with van der Waals surface area (Å²) in [5.74, 6) is -0.774. The molecule has 0 saturated carbocycles. The fraction of sp³-hybridized carbons (Fsp3) is 0.100. The molecule has 0 fully saturated rings. The maximum Gasteiger partial charge on any atom is 0.471 e. The molecular formula is C20H14F3N5O. The van der Waals surface area contributed by atoms with Crippen LogP contribution < -0.4 is 5.32 Å². The van der Waals surface area contributed by atoms with Crippen molar-refractivity contribution in [3.8, 4) is 22.6 Å². The summed E-state index contributed by atoms with van der Waals surface area (Å²) in [5, 5.41) is 6.60. The van der Waals surface area contributed by atoms with Crippen molar-refractivity contribution >= 4 is 5.82 Å². The highest BCUT2D eigenvalue weighted by Gasteiger charge is 2.38. The number of rotatable bonds is 5. The molecule has 0 unspecified atom stereocenters. The van der Waals surface area contributed by atoms with Crippen molar-refractivity contribution < 1.29 is 17.7 Å². The van der Waals surface area contributed by atoms with Crippen LogP contribution in [0.2, 0.25) is 0 Å². The molecule has 0 bridgehead atoms. The van der Waals surface area contributed by atoms with E-state index in [9.17, 15) is 13.2 Å². The Morgan fingerprint density at radius 3 is 2.41 bits per heavy atom. The van der Waals surface area contributed by atoms with E-state index in [1.54, 1.807) is 36.7 Å². The van der Waals surface area contributed by atoms with Gasteiger partial charge < -0.3 is 9.84 Å². The Bertz CT molecular complexity index is 1100.